The van der Waals surface area contributed by atoms with Gasteiger partial charge in [-0.25, -0.2) is 23.7 Å². The first-order chi connectivity index (χ1) is 14.1. The second kappa shape index (κ2) is 9.15. The molecule has 1 saturated heterocycles. The Labute approximate surface area is 170 Å². The van der Waals surface area contributed by atoms with E-state index in [1.54, 1.807) is 12.5 Å². The van der Waals surface area contributed by atoms with Crippen LogP contribution in [0, 0.1) is 0 Å². The number of nitrogens with one attached hydrogen (secondary N) is 1. The third kappa shape index (κ3) is 5.50. The Morgan fingerprint density at radius 3 is 2.59 bits per heavy atom. The normalized spacial score (nSPS) is 21.0. The van der Waals surface area contributed by atoms with Gasteiger partial charge in [0.05, 0.1) is 11.7 Å². The van der Waals surface area contributed by atoms with E-state index in [9.17, 15) is 8.78 Å². The van der Waals surface area contributed by atoms with E-state index in [0.29, 0.717) is 38.2 Å². The molecule has 2 aromatic rings. The summed E-state index contributed by atoms with van der Waals surface area (Å²) in [6.45, 7) is 1.85. The van der Waals surface area contributed by atoms with E-state index in [1.165, 1.54) is 25.7 Å². The largest absolute Gasteiger partial charge is 0.476 e. The number of aromatic nitrogens is 3. The summed E-state index contributed by atoms with van der Waals surface area (Å²) >= 11 is 0. The van der Waals surface area contributed by atoms with E-state index >= 15 is 0 Å². The number of pyridine rings is 1. The third-order valence-corrected chi connectivity index (χ3v) is 5.94. The van der Waals surface area contributed by atoms with E-state index in [2.05, 4.69) is 20.3 Å². The molecule has 0 aromatic carbocycles. The van der Waals surface area contributed by atoms with Gasteiger partial charge in [-0.3, -0.25) is 4.90 Å². The Kier molecular flexibility index (Phi) is 6.37. The third-order valence-electron chi connectivity index (χ3n) is 5.94. The van der Waals surface area contributed by atoms with Crippen molar-refractivity contribution < 1.29 is 13.5 Å². The molecule has 0 radical (unpaired) electrons. The summed E-state index contributed by atoms with van der Waals surface area (Å²) in [4.78, 5) is 15.1. The van der Waals surface area contributed by atoms with Crippen molar-refractivity contribution >= 4 is 16.7 Å². The highest BCUT2D eigenvalue weighted by molar-refractivity contribution is 5.89. The number of fused-ring (bicyclic) bond motifs is 1. The van der Waals surface area contributed by atoms with E-state index in [0.717, 1.165) is 29.6 Å². The summed E-state index contributed by atoms with van der Waals surface area (Å²) in [5.41, 5.74) is 0.779. The van der Waals surface area contributed by atoms with Crippen LogP contribution in [0.1, 0.15) is 51.4 Å². The Morgan fingerprint density at radius 1 is 1.07 bits per heavy atom. The standard InChI is InChI=1S/C21H29F2N5O/c22-21(23)7-9-28(10-8-21)11-12-29-19-13-17-18(14-24-19)25-15-26-20(17)27-16-5-3-1-2-4-6-16/h13-16H,1-12H2,(H,25,26,27). The maximum absolute atomic E-state index is 13.3. The van der Waals surface area contributed by atoms with Gasteiger partial charge in [0.1, 0.15) is 18.8 Å². The molecule has 2 aromatic heterocycles. The first-order valence-corrected chi connectivity index (χ1v) is 10.7. The fourth-order valence-corrected chi connectivity index (χ4v) is 4.13. The average molecular weight is 405 g/mol. The number of ether oxygens (including phenoxy) is 1. The minimum absolute atomic E-state index is 0.0746. The van der Waals surface area contributed by atoms with Gasteiger partial charge in [-0.2, -0.15) is 0 Å². The quantitative estimate of drug-likeness (QED) is 0.724. The molecule has 1 N–H and O–H groups in total. The van der Waals surface area contributed by atoms with E-state index in [-0.39, 0.29) is 12.8 Å². The molecule has 0 unspecified atom stereocenters. The van der Waals surface area contributed by atoms with Gasteiger partial charge in [0.15, 0.2) is 0 Å². The second-order valence-electron chi connectivity index (χ2n) is 8.14. The lowest BCUT2D eigenvalue weighted by Crippen LogP contribution is -2.41. The molecule has 0 spiro atoms. The van der Waals surface area contributed by atoms with Crippen molar-refractivity contribution in [3.63, 3.8) is 0 Å². The van der Waals surface area contributed by atoms with E-state index < -0.39 is 5.92 Å². The number of hydrogen-bond donors (Lipinski definition) is 1. The molecule has 2 aliphatic rings. The van der Waals surface area contributed by atoms with Crippen molar-refractivity contribution in [1.29, 1.82) is 0 Å². The Balaban J connectivity index is 1.37. The zero-order valence-electron chi connectivity index (χ0n) is 16.7. The van der Waals surface area contributed by atoms with Gasteiger partial charge in [-0.05, 0) is 12.8 Å². The van der Waals surface area contributed by atoms with Crippen LogP contribution in [0.3, 0.4) is 0 Å². The van der Waals surface area contributed by atoms with Crippen molar-refractivity contribution in [3.8, 4) is 5.88 Å². The number of rotatable bonds is 6. The predicted octanol–water partition coefficient (Wildman–Crippen LogP) is 4.27. The molecule has 1 aliphatic carbocycles. The number of likely N-dealkylation sites (tertiary alicyclic amines) is 1. The van der Waals surface area contributed by atoms with Gasteiger partial charge in [0, 0.05) is 50.0 Å². The minimum Gasteiger partial charge on any atom is -0.476 e. The smallest absolute Gasteiger partial charge is 0.250 e. The maximum atomic E-state index is 13.3. The highest BCUT2D eigenvalue weighted by Crippen LogP contribution is 2.28. The Bertz CT molecular complexity index is 801. The molecule has 1 aliphatic heterocycles. The van der Waals surface area contributed by atoms with Crippen molar-refractivity contribution in [2.24, 2.45) is 0 Å². The topological polar surface area (TPSA) is 63.2 Å². The molecule has 1 saturated carbocycles. The molecule has 0 atom stereocenters. The van der Waals surface area contributed by atoms with Crippen LogP contribution in [0.5, 0.6) is 5.88 Å². The summed E-state index contributed by atoms with van der Waals surface area (Å²) in [7, 11) is 0. The van der Waals surface area contributed by atoms with Gasteiger partial charge in [-0.1, -0.05) is 25.7 Å². The van der Waals surface area contributed by atoms with Crippen molar-refractivity contribution in [2.45, 2.75) is 63.3 Å². The fraction of sp³-hybridized carbons (Fsp3) is 0.667. The summed E-state index contributed by atoms with van der Waals surface area (Å²) in [6.07, 6.45) is 10.5. The van der Waals surface area contributed by atoms with E-state index in [1.807, 2.05) is 11.0 Å². The molecule has 29 heavy (non-hydrogen) atoms. The van der Waals surface area contributed by atoms with Crippen molar-refractivity contribution in [3.05, 3.63) is 18.6 Å². The number of nitrogens with zero attached hydrogens (tertiary/aromatic N) is 4. The van der Waals surface area contributed by atoms with Crippen molar-refractivity contribution in [1.82, 2.24) is 19.9 Å². The fourth-order valence-electron chi connectivity index (χ4n) is 4.13. The molecule has 3 heterocycles. The van der Waals surface area contributed by atoms with Gasteiger partial charge in [0.2, 0.25) is 5.88 Å². The molecular weight excluding hydrogens is 376 g/mol. The van der Waals surface area contributed by atoms with Crippen LogP contribution in [-0.2, 0) is 0 Å². The predicted molar refractivity (Wildman–Crippen MR) is 109 cm³/mol. The number of alkyl halides is 2. The summed E-state index contributed by atoms with van der Waals surface area (Å²) < 4.78 is 32.3. The lowest BCUT2D eigenvalue weighted by molar-refractivity contribution is -0.0565. The summed E-state index contributed by atoms with van der Waals surface area (Å²) in [6, 6.07) is 2.31. The molecule has 158 valence electrons. The minimum atomic E-state index is -2.52. The molecule has 0 amide bonds. The highest BCUT2D eigenvalue weighted by Gasteiger charge is 2.33. The SMILES string of the molecule is FC1(F)CCN(CCOc2cc3c(NC4CCCCCC4)ncnc3cn2)CC1. The van der Waals surface area contributed by atoms with Crippen LogP contribution in [-0.4, -0.2) is 58.1 Å². The van der Waals surface area contributed by atoms with Crippen LogP contribution in [0.2, 0.25) is 0 Å². The number of halogens is 2. The average Bonchev–Trinajstić information content (AvgIpc) is 2.98. The van der Waals surface area contributed by atoms with Crippen molar-refractivity contribution in [2.75, 3.05) is 31.6 Å². The molecule has 6 nitrogen and oxygen atoms in total. The van der Waals surface area contributed by atoms with Gasteiger partial charge in [-0.15, -0.1) is 0 Å². The Morgan fingerprint density at radius 2 is 1.83 bits per heavy atom. The molecular formula is C21H29F2N5O. The summed E-state index contributed by atoms with van der Waals surface area (Å²) in [5, 5.41) is 4.50. The number of hydrogen-bond acceptors (Lipinski definition) is 6. The first kappa shape index (κ1) is 20.2. The maximum Gasteiger partial charge on any atom is 0.250 e. The van der Waals surface area contributed by atoms with Gasteiger partial charge in [0.25, 0.3) is 5.92 Å². The first-order valence-electron chi connectivity index (χ1n) is 10.7. The van der Waals surface area contributed by atoms with Crippen LogP contribution in [0.4, 0.5) is 14.6 Å². The Hall–Kier alpha value is -2.09. The molecule has 0 bridgehead atoms. The number of piperidine rings is 1. The second-order valence-corrected chi connectivity index (χ2v) is 8.14. The highest BCUT2D eigenvalue weighted by atomic mass is 19.3. The van der Waals surface area contributed by atoms with Crippen LogP contribution >= 0.6 is 0 Å². The van der Waals surface area contributed by atoms with E-state index in [4.69, 9.17) is 4.74 Å². The number of anilines is 1. The lowest BCUT2D eigenvalue weighted by atomic mass is 10.1. The zero-order valence-corrected chi connectivity index (χ0v) is 16.7. The lowest BCUT2D eigenvalue weighted by Gasteiger charge is -2.31. The molecule has 8 heteroatoms. The van der Waals surface area contributed by atoms with Crippen LogP contribution in [0.15, 0.2) is 18.6 Å². The van der Waals surface area contributed by atoms with Gasteiger partial charge >= 0.3 is 0 Å². The van der Waals surface area contributed by atoms with Crippen LogP contribution < -0.4 is 10.1 Å². The zero-order chi connectivity index (χ0) is 20.1. The monoisotopic (exact) mass is 405 g/mol. The summed E-state index contributed by atoms with van der Waals surface area (Å²) in [5.74, 6) is -1.18. The van der Waals surface area contributed by atoms with Gasteiger partial charge < -0.3 is 10.1 Å². The molecule has 4 rings (SSSR count). The molecule has 2 fully saturated rings. The van der Waals surface area contributed by atoms with Crippen LogP contribution in [0.25, 0.3) is 10.9 Å².